The lowest BCUT2D eigenvalue weighted by Gasteiger charge is -2.04. The molecule has 7 nitrogen and oxygen atoms in total. The van der Waals surface area contributed by atoms with Crippen LogP contribution in [0.5, 0.6) is 5.75 Å². The molecule has 1 heterocycles. The van der Waals surface area contributed by atoms with Gasteiger partial charge in [-0.25, -0.2) is 4.79 Å². The van der Waals surface area contributed by atoms with Crippen molar-refractivity contribution in [1.29, 1.82) is 0 Å². The Morgan fingerprint density at radius 3 is 2.52 bits per heavy atom. The Morgan fingerprint density at radius 2 is 1.91 bits per heavy atom. The van der Waals surface area contributed by atoms with E-state index in [4.69, 9.17) is 4.74 Å². The van der Waals surface area contributed by atoms with Crippen LogP contribution in [0.2, 0.25) is 0 Å². The maximum Gasteiger partial charge on any atom is 0.358 e. The summed E-state index contributed by atoms with van der Waals surface area (Å²) < 4.78 is 11.1. The molecule has 1 N–H and O–H groups in total. The molecule has 1 aromatic heterocycles. The summed E-state index contributed by atoms with van der Waals surface area (Å²) in [4.78, 5) is 23.6. The number of nitrogens with zero attached hydrogens (tertiary/aromatic N) is 2. The summed E-state index contributed by atoms with van der Waals surface area (Å²) in [6.45, 7) is 0. The maximum absolute atomic E-state index is 12.0. The second-order valence-electron chi connectivity index (χ2n) is 4.62. The fourth-order valence-corrected chi connectivity index (χ4v) is 1.93. The van der Waals surface area contributed by atoms with Gasteiger partial charge in [0, 0.05) is 13.1 Å². The van der Waals surface area contributed by atoms with Crippen LogP contribution >= 0.6 is 0 Å². The fourth-order valence-electron chi connectivity index (χ4n) is 1.93. The Labute approximate surface area is 133 Å². The van der Waals surface area contributed by atoms with E-state index in [-0.39, 0.29) is 11.6 Å². The number of methoxy groups -OCH3 is 2. The van der Waals surface area contributed by atoms with Crippen LogP contribution in [0, 0.1) is 0 Å². The van der Waals surface area contributed by atoms with Gasteiger partial charge >= 0.3 is 5.97 Å². The summed E-state index contributed by atoms with van der Waals surface area (Å²) in [5, 5.41) is 6.54. The van der Waals surface area contributed by atoms with E-state index in [0.29, 0.717) is 5.69 Å². The van der Waals surface area contributed by atoms with Crippen molar-refractivity contribution in [3.63, 3.8) is 0 Å². The highest BCUT2D eigenvalue weighted by Crippen LogP contribution is 2.16. The van der Waals surface area contributed by atoms with Crippen LogP contribution in [0.4, 0.5) is 5.69 Å². The second kappa shape index (κ2) is 7.26. The Morgan fingerprint density at radius 1 is 1.22 bits per heavy atom. The highest BCUT2D eigenvalue weighted by Gasteiger charge is 2.18. The number of carbonyl (C=O) groups excluding carboxylic acids is 2. The standard InChI is InChI=1S/C16H17N3O4/c1-19-15(16(21)23-3)13(10-17-19)18-14(20)9-6-11-4-7-12(22-2)8-5-11/h4-10H,1-3H3,(H,18,20)/b9-6+. The number of nitrogens with one attached hydrogen (secondary N) is 1. The van der Waals surface area contributed by atoms with Crippen molar-refractivity contribution >= 4 is 23.6 Å². The number of amides is 1. The molecule has 0 radical (unpaired) electrons. The van der Waals surface area contributed by atoms with Gasteiger partial charge < -0.3 is 14.8 Å². The molecular weight excluding hydrogens is 298 g/mol. The average molecular weight is 315 g/mol. The van der Waals surface area contributed by atoms with Gasteiger partial charge in [-0.3, -0.25) is 9.48 Å². The van der Waals surface area contributed by atoms with Crippen molar-refractivity contribution in [1.82, 2.24) is 9.78 Å². The quantitative estimate of drug-likeness (QED) is 0.673. The number of aryl methyl sites for hydroxylation is 1. The molecular formula is C16H17N3O4. The van der Waals surface area contributed by atoms with Gasteiger partial charge in [0.05, 0.1) is 26.1 Å². The van der Waals surface area contributed by atoms with Crippen LogP contribution in [-0.2, 0) is 16.6 Å². The molecule has 1 aromatic carbocycles. The van der Waals surface area contributed by atoms with E-state index in [1.165, 1.54) is 24.1 Å². The van der Waals surface area contributed by atoms with E-state index in [0.717, 1.165) is 11.3 Å². The minimum Gasteiger partial charge on any atom is -0.497 e. The van der Waals surface area contributed by atoms with E-state index in [2.05, 4.69) is 15.2 Å². The average Bonchev–Trinajstić information content (AvgIpc) is 2.93. The summed E-state index contributed by atoms with van der Waals surface area (Å²) in [5.74, 6) is -0.205. The van der Waals surface area contributed by atoms with Crippen LogP contribution in [-0.4, -0.2) is 35.9 Å². The second-order valence-corrected chi connectivity index (χ2v) is 4.62. The van der Waals surface area contributed by atoms with Gasteiger partial charge in [-0.1, -0.05) is 12.1 Å². The summed E-state index contributed by atoms with van der Waals surface area (Å²) >= 11 is 0. The van der Waals surface area contributed by atoms with Crippen molar-refractivity contribution in [2.75, 3.05) is 19.5 Å². The third-order valence-corrected chi connectivity index (χ3v) is 3.12. The predicted molar refractivity (Wildman–Crippen MR) is 85.2 cm³/mol. The third kappa shape index (κ3) is 3.97. The maximum atomic E-state index is 12.0. The van der Waals surface area contributed by atoms with Gasteiger partial charge in [0.1, 0.15) is 5.75 Å². The number of benzene rings is 1. The Balaban J connectivity index is 2.07. The molecule has 1 amide bonds. The van der Waals surface area contributed by atoms with Gasteiger partial charge in [-0.05, 0) is 23.8 Å². The van der Waals surface area contributed by atoms with Crippen molar-refractivity contribution in [2.45, 2.75) is 0 Å². The zero-order valence-electron chi connectivity index (χ0n) is 13.1. The topological polar surface area (TPSA) is 82.4 Å². The number of carbonyl (C=O) groups is 2. The summed E-state index contributed by atoms with van der Waals surface area (Å²) in [6.07, 6.45) is 4.42. The van der Waals surface area contributed by atoms with Gasteiger partial charge in [0.15, 0.2) is 5.69 Å². The van der Waals surface area contributed by atoms with E-state index in [1.54, 1.807) is 32.4 Å². The molecule has 0 saturated carbocycles. The lowest BCUT2D eigenvalue weighted by atomic mass is 10.2. The minimum absolute atomic E-state index is 0.179. The molecule has 7 heteroatoms. The molecule has 120 valence electrons. The number of hydrogen-bond acceptors (Lipinski definition) is 5. The van der Waals surface area contributed by atoms with E-state index in [1.807, 2.05) is 12.1 Å². The molecule has 0 aliphatic rings. The first-order chi connectivity index (χ1) is 11.0. The SMILES string of the molecule is COC(=O)c1c(NC(=O)/C=C/c2ccc(OC)cc2)cnn1C. The minimum atomic E-state index is -0.570. The number of hydrogen-bond donors (Lipinski definition) is 1. The molecule has 0 spiro atoms. The summed E-state index contributed by atoms with van der Waals surface area (Å²) in [5.41, 5.74) is 1.32. The Hall–Kier alpha value is -3.09. The van der Waals surface area contributed by atoms with Crippen molar-refractivity contribution in [3.8, 4) is 5.75 Å². The van der Waals surface area contributed by atoms with Gasteiger partial charge in [0.25, 0.3) is 0 Å². The molecule has 0 unspecified atom stereocenters. The zero-order chi connectivity index (χ0) is 16.8. The van der Waals surface area contributed by atoms with E-state index < -0.39 is 5.97 Å². The molecule has 0 fully saturated rings. The van der Waals surface area contributed by atoms with Gasteiger partial charge in [-0.2, -0.15) is 5.10 Å². The molecule has 0 aliphatic carbocycles. The number of anilines is 1. The molecule has 2 aromatic rings. The normalized spacial score (nSPS) is 10.6. The first-order valence-corrected chi connectivity index (χ1v) is 6.78. The number of esters is 1. The smallest absolute Gasteiger partial charge is 0.358 e. The number of ether oxygens (including phenoxy) is 2. The first-order valence-electron chi connectivity index (χ1n) is 6.78. The third-order valence-electron chi connectivity index (χ3n) is 3.12. The molecule has 0 saturated heterocycles. The highest BCUT2D eigenvalue weighted by atomic mass is 16.5. The molecule has 0 atom stereocenters. The van der Waals surface area contributed by atoms with Gasteiger partial charge in [0.2, 0.25) is 5.91 Å². The zero-order valence-corrected chi connectivity index (χ0v) is 13.1. The lowest BCUT2D eigenvalue weighted by molar-refractivity contribution is -0.111. The fraction of sp³-hybridized carbons (Fsp3) is 0.188. The Bertz CT molecular complexity index is 732. The molecule has 2 rings (SSSR count). The summed E-state index contributed by atoms with van der Waals surface area (Å²) in [7, 11) is 4.45. The van der Waals surface area contributed by atoms with Crippen LogP contribution in [0.3, 0.4) is 0 Å². The van der Waals surface area contributed by atoms with E-state index in [9.17, 15) is 9.59 Å². The van der Waals surface area contributed by atoms with Crippen molar-refractivity contribution in [2.24, 2.45) is 7.05 Å². The lowest BCUT2D eigenvalue weighted by Crippen LogP contribution is -2.14. The largest absolute Gasteiger partial charge is 0.497 e. The van der Waals surface area contributed by atoms with Crippen LogP contribution in [0.1, 0.15) is 16.1 Å². The van der Waals surface area contributed by atoms with Crippen molar-refractivity contribution in [3.05, 3.63) is 47.8 Å². The van der Waals surface area contributed by atoms with E-state index >= 15 is 0 Å². The molecule has 23 heavy (non-hydrogen) atoms. The number of rotatable bonds is 5. The predicted octanol–water partition coefficient (Wildman–Crippen LogP) is 1.87. The first kappa shape index (κ1) is 16.3. The van der Waals surface area contributed by atoms with Crippen LogP contribution in [0.15, 0.2) is 36.5 Å². The highest BCUT2D eigenvalue weighted by molar-refractivity contribution is 6.05. The summed E-state index contributed by atoms with van der Waals surface area (Å²) in [6, 6.07) is 7.25. The van der Waals surface area contributed by atoms with Crippen LogP contribution in [0.25, 0.3) is 6.08 Å². The monoisotopic (exact) mass is 315 g/mol. The Kier molecular flexibility index (Phi) is 5.14. The van der Waals surface area contributed by atoms with Crippen LogP contribution < -0.4 is 10.1 Å². The molecule has 0 aliphatic heterocycles. The molecule has 0 bridgehead atoms. The van der Waals surface area contributed by atoms with Crippen molar-refractivity contribution < 1.29 is 19.1 Å². The van der Waals surface area contributed by atoms with Gasteiger partial charge in [-0.15, -0.1) is 0 Å². The number of aromatic nitrogens is 2.